The fraction of sp³-hybridized carbons (Fsp3) is 0.467. The summed E-state index contributed by atoms with van der Waals surface area (Å²) in [7, 11) is 1.67. The number of carbonyl (C=O) groups excluding carboxylic acids is 2. The van der Waals surface area contributed by atoms with E-state index < -0.39 is 0 Å². The topological polar surface area (TPSA) is 61.4 Å². The van der Waals surface area contributed by atoms with E-state index in [1.54, 1.807) is 7.05 Å². The van der Waals surface area contributed by atoms with Crippen molar-refractivity contribution >= 4 is 17.5 Å². The quantitative estimate of drug-likeness (QED) is 0.864. The summed E-state index contributed by atoms with van der Waals surface area (Å²) in [5, 5.41) is 5.56. The second-order valence-electron chi connectivity index (χ2n) is 5.08. The van der Waals surface area contributed by atoms with E-state index in [0.717, 1.165) is 31.6 Å². The van der Waals surface area contributed by atoms with Gasteiger partial charge >= 0.3 is 0 Å². The SMILES string of the molecule is CNC(=O)C1CCN(CC(=O)Nc2ccccc2)CC1. The van der Waals surface area contributed by atoms with Crippen molar-refractivity contribution in [1.29, 1.82) is 0 Å². The maximum Gasteiger partial charge on any atom is 0.238 e. The number of rotatable bonds is 4. The van der Waals surface area contributed by atoms with E-state index >= 15 is 0 Å². The molecule has 1 aliphatic rings. The van der Waals surface area contributed by atoms with Crippen molar-refractivity contribution in [3.8, 4) is 0 Å². The number of likely N-dealkylation sites (tertiary alicyclic amines) is 1. The van der Waals surface area contributed by atoms with Crippen LogP contribution in [-0.2, 0) is 9.59 Å². The third kappa shape index (κ3) is 4.06. The van der Waals surface area contributed by atoms with Gasteiger partial charge < -0.3 is 10.6 Å². The van der Waals surface area contributed by atoms with Crippen molar-refractivity contribution in [2.24, 2.45) is 5.92 Å². The van der Waals surface area contributed by atoms with Crippen LogP contribution < -0.4 is 10.6 Å². The molecule has 1 aliphatic heterocycles. The molecule has 1 aromatic carbocycles. The second-order valence-corrected chi connectivity index (χ2v) is 5.08. The van der Waals surface area contributed by atoms with Crippen LogP contribution in [0.3, 0.4) is 0 Å². The molecule has 0 aromatic heterocycles. The third-order valence-corrected chi connectivity index (χ3v) is 3.63. The van der Waals surface area contributed by atoms with Crippen LogP contribution in [0.4, 0.5) is 5.69 Å². The van der Waals surface area contributed by atoms with E-state index in [4.69, 9.17) is 0 Å². The number of para-hydroxylation sites is 1. The van der Waals surface area contributed by atoms with Gasteiger partial charge in [-0.15, -0.1) is 0 Å². The molecule has 1 saturated heterocycles. The molecule has 0 saturated carbocycles. The van der Waals surface area contributed by atoms with E-state index in [2.05, 4.69) is 15.5 Å². The fourth-order valence-electron chi connectivity index (χ4n) is 2.48. The molecule has 2 rings (SSSR count). The zero-order valence-corrected chi connectivity index (χ0v) is 11.8. The highest BCUT2D eigenvalue weighted by molar-refractivity contribution is 5.92. The predicted molar refractivity (Wildman–Crippen MR) is 78.3 cm³/mol. The molecular formula is C15H21N3O2. The summed E-state index contributed by atoms with van der Waals surface area (Å²) >= 11 is 0. The maximum absolute atomic E-state index is 11.9. The van der Waals surface area contributed by atoms with Crippen LogP contribution in [0.2, 0.25) is 0 Å². The summed E-state index contributed by atoms with van der Waals surface area (Å²) in [4.78, 5) is 25.5. The molecule has 0 radical (unpaired) electrons. The molecule has 1 aromatic rings. The zero-order valence-electron chi connectivity index (χ0n) is 11.8. The molecule has 0 aliphatic carbocycles. The molecule has 1 heterocycles. The monoisotopic (exact) mass is 275 g/mol. The first-order valence-electron chi connectivity index (χ1n) is 6.98. The molecule has 2 amide bonds. The molecule has 2 N–H and O–H groups in total. The lowest BCUT2D eigenvalue weighted by Gasteiger charge is -2.30. The van der Waals surface area contributed by atoms with Crippen molar-refractivity contribution in [2.45, 2.75) is 12.8 Å². The Kier molecular flexibility index (Phi) is 5.12. The summed E-state index contributed by atoms with van der Waals surface area (Å²) < 4.78 is 0. The Morgan fingerprint density at radius 1 is 1.20 bits per heavy atom. The van der Waals surface area contributed by atoms with Gasteiger partial charge in [0.05, 0.1) is 6.54 Å². The van der Waals surface area contributed by atoms with Crippen molar-refractivity contribution in [1.82, 2.24) is 10.2 Å². The molecule has 0 bridgehead atoms. The Balaban J connectivity index is 1.75. The molecule has 20 heavy (non-hydrogen) atoms. The fourth-order valence-corrected chi connectivity index (χ4v) is 2.48. The number of carbonyl (C=O) groups is 2. The minimum atomic E-state index is -0.00501. The summed E-state index contributed by atoms with van der Waals surface area (Å²) in [6, 6.07) is 9.44. The van der Waals surface area contributed by atoms with E-state index in [1.165, 1.54) is 0 Å². The summed E-state index contributed by atoms with van der Waals surface area (Å²) in [6.45, 7) is 1.97. The normalized spacial score (nSPS) is 16.6. The summed E-state index contributed by atoms with van der Waals surface area (Å²) in [5.41, 5.74) is 0.817. The van der Waals surface area contributed by atoms with Gasteiger partial charge in [-0.3, -0.25) is 14.5 Å². The molecule has 0 spiro atoms. The molecule has 0 atom stereocenters. The highest BCUT2D eigenvalue weighted by atomic mass is 16.2. The Morgan fingerprint density at radius 3 is 2.45 bits per heavy atom. The van der Waals surface area contributed by atoms with Crippen LogP contribution in [-0.4, -0.2) is 43.4 Å². The Hall–Kier alpha value is -1.88. The van der Waals surface area contributed by atoms with Gasteiger partial charge in [-0.2, -0.15) is 0 Å². The highest BCUT2D eigenvalue weighted by Gasteiger charge is 2.24. The van der Waals surface area contributed by atoms with Crippen molar-refractivity contribution in [2.75, 3.05) is 32.0 Å². The Morgan fingerprint density at radius 2 is 1.85 bits per heavy atom. The lowest BCUT2D eigenvalue weighted by molar-refractivity contribution is -0.126. The lowest BCUT2D eigenvalue weighted by Crippen LogP contribution is -2.42. The number of nitrogens with zero attached hydrogens (tertiary/aromatic N) is 1. The summed E-state index contributed by atoms with van der Waals surface area (Å²) in [6.07, 6.45) is 1.64. The van der Waals surface area contributed by atoms with Crippen LogP contribution >= 0.6 is 0 Å². The number of nitrogens with one attached hydrogen (secondary N) is 2. The van der Waals surface area contributed by atoms with Gasteiger partial charge in [0.15, 0.2) is 0 Å². The molecule has 1 fully saturated rings. The number of anilines is 1. The largest absolute Gasteiger partial charge is 0.359 e. The Labute approximate surface area is 119 Å². The smallest absolute Gasteiger partial charge is 0.238 e. The van der Waals surface area contributed by atoms with Gasteiger partial charge in [0.25, 0.3) is 0 Å². The zero-order chi connectivity index (χ0) is 14.4. The van der Waals surface area contributed by atoms with Crippen LogP contribution in [0.25, 0.3) is 0 Å². The minimum absolute atomic E-state index is 0.00501. The van der Waals surface area contributed by atoms with Gasteiger partial charge in [-0.05, 0) is 38.1 Å². The summed E-state index contributed by atoms with van der Waals surface area (Å²) in [5.74, 6) is 0.196. The average molecular weight is 275 g/mol. The second kappa shape index (κ2) is 7.05. The van der Waals surface area contributed by atoms with Crippen molar-refractivity contribution < 1.29 is 9.59 Å². The number of piperidine rings is 1. The van der Waals surface area contributed by atoms with Crippen molar-refractivity contribution in [3.63, 3.8) is 0 Å². The molecule has 5 nitrogen and oxygen atoms in total. The lowest BCUT2D eigenvalue weighted by atomic mass is 9.96. The first kappa shape index (κ1) is 14.5. The first-order valence-corrected chi connectivity index (χ1v) is 6.98. The standard InChI is InChI=1S/C15H21N3O2/c1-16-15(20)12-7-9-18(10-8-12)11-14(19)17-13-5-3-2-4-6-13/h2-6,12H,7-11H2,1H3,(H,16,20)(H,17,19). The third-order valence-electron chi connectivity index (χ3n) is 3.63. The number of benzene rings is 1. The van der Waals surface area contributed by atoms with Gasteiger partial charge in [-0.1, -0.05) is 18.2 Å². The number of amides is 2. The van der Waals surface area contributed by atoms with E-state index in [-0.39, 0.29) is 17.7 Å². The van der Waals surface area contributed by atoms with E-state index in [9.17, 15) is 9.59 Å². The van der Waals surface area contributed by atoms with E-state index in [1.807, 2.05) is 30.3 Å². The average Bonchev–Trinajstić information content (AvgIpc) is 2.48. The molecular weight excluding hydrogens is 254 g/mol. The van der Waals surface area contributed by atoms with Crippen molar-refractivity contribution in [3.05, 3.63) is 30.3 Å². The van der Waals surface area contributed by atoms with Gasteiger partial charge in [0.2, 0.25) is 11.8 Å². The number of hydrogen-bond donors (Lipinski definition) is 2. The Bertz CT molecular complexity index is 453. The highest BCUT2D eigenvalue weighted by Crippen LogP contribution is 2.17. The van der Waals surface area contributed by atoms with Crippen LogP contribution in [0.1, 0.15) is 12.8 Å². The maximum atomic E-state index is 11.9. The van der Waals surface area contributed by atoms with Crippen LogP contribution in [0, 0.1) is 5.92 Å². The van der Waals surface area contributed by atoms with Gasteiger partial charge in [-0.25, -0.2) is 0 Å². The predicted octanol–water partition coefficient (Wildman–Crippen LogP) is 1.08. The molecule has 108 valence electrons. The van der Waals surface area contributed by atoms with Crippen LogP contribution in [0.15, 0.2) is 30.3 Å². The first-order chi connectivity index (χ1) is 9.69. The molecule has 0 unspecified atom stereocenters. The number of hydrogen-bond acceptors (Lipinski definition) is 3. The van der Waals surface area contributed by atoms with Crippen LogP contribution in [0.5, 0.6) is 0 Å². The minimum Gasteiger partial charge on any atom is -0.359 e. The molecule has 5 heteroatoms. The van der Waals surface area contributed by atoms with Gasteiger partial charge in [0.1, 0.15) is 0 Å². The van der Waals surface area contributed by atoms with E-state index in [0.29, 0.717) is 6.54 Å². The van der Waals surface area contributed by atoms with Gasteiger partial charge in [0, 0.05) is 18.7 Å².